The Morgan fingerprint density at radius 3 is 1.07 bits per heavy atom. The molecule has 0 saturated heterocycles. The maximum absolute atomic E-state index is 10.1. The molecule has 0 amide bonds. The smallest absolute Gasteiger partial charge is 0.137 e. The molecule has 0 aliphatic carbocycles. The van der Waals surface area contributed by atoms with E-state index in [0.717, 1.165) is 0 Å². The highest BCUT2D eigenvalue weighted by atomic mass is 16.1. The van der Waals surface area contributed by atoms with Crippen molar-refractivity contribution in [1.29, 1.82) is 5.41 Å². The maximum Gasteiger partial charge on any atom is 0.137 e. The van der Waals surface area contributed by atoms with Crippen LogP contribution >= 0.6 is 0 Å². The topological polar surface area (TPSA) is 75.1 Å². The molecule has 0 spiro atoms. The van der Waals surface area contributed by atoms with Crippen LogP contribution in [0.3, 0.4) is 0 Å². The van der Waals surface area contributed by atoms with Crippen LogP contribution in [0.4, 0.5) is 0 Å². The monoisotopic (exact) mass is 199 g/mol. The number of Topliss-reactive ketones (excluding diaryl/α,β-unsaturated/α-hetero) is 3. The van der Waals surface area contributed by atoms with Gasteiger partial charge >= 0.3 is 0 Å². The molecular formula is C10H17NO3. The molecule has 4 heteroatoms. The summed E-state index contributed by atoms with van der Waals surface area (Å²) in [4.78, 5) is 30.2. The van der Waals surface area contributed by atoms with Gasteiger partial charge in [0, 0.05) is 12.1 Å². The van der Waals surface area contributed by atoms with Crippen molar-refractivity contribution in [3.63, 3.8) is 0 Å². The van der Waals surface area contributed by atoms with E-state index in [2.05, 4.69) is 0 Å². The summed E-state index contributed by atoms with van der Waals surface area (Å²) in [6, 6.07) is 0. The number of ketones is 3. The summed E-state index contributed by atoms with van der Waals surface area (Å²) in [6.07, 6.45) is 0.389. The molecule has 0 aliphatic heterocycles. The summed E-state index contributed by atoms with van der Waals surface area (Å²) < 4.78 is 0. The zero-order valence-electron chi connectivity index (χ0n) is 9.14. The van der Waals surface area contributed by atoms with E-state index in [1.807, 2.05) is 0 Å². The molecule has 80 valence electrons. The minimum Gasteiger partial charge on any atom is -0.310 e. The van der Waals surface area contributed by atoms with E-state index in [1.54, 1.807) is 6.92 Å². The number of nitrogens with one attached hydrogen (secondary N) is 1. The van der Waals surface area contributed by atoms with Crippen LogP contribution in [-0.2, 0) is 14.4 Å². The van der Waals surface area contributed by atoms with Crippen LogP contribution in [0.5, 0.6) is 0 Å². The lowest BCUT2D eigenvalue weighted by molar-refractivity contribution is -0.124. The van der Waals surface area contributed by atoms with Crippen LogP contribution in [0.25, 0.3) is 0 Å². The number of hydrogen-bond donors (Lipinski definition) is 1. The second-order valence-electron chi connectivity index (χ2n) is 3.24. The van der Waals surface area contributed by atoms with E-state index in [9.17, 15) is 14.4 Å². The van der Waals surface area contributed by atoms with E-state index >= 15 is 0 Å². The number of hydrogen-bond acceptors (Lipinski definition) is 4. The molecule has 4 nitrogen and oxygen atoms in total. The van der Waals surface area contributed by atoms with Gasteiger partial charge < -0.3 is 5.41 Å². The van der Waals surface area contributed by atoms with Gasteiger partial charge in [-0.05, 0) is 27.7 Å². The molecule has 0 aromatic carbocycles. The number of rotatable bonds is 4. The van der Waals surface area contributed by atoms with Gasteiger partial charge in [0.15, 0.2) is 0 Å². The van der Waals surface area contributed by atoms with Crippen molar-refractivity contribution in [2.45, 2.75) is 40.5 Å². The molecule has 0 bridgehead atoms. The third-order valence-corrected chi connectivity index (χ3v) is 1.01. The van der Waals surface area contributed by atoms with Crippen molar-refractivity contribution >= 4 is 23.1 Å². The fraction of sp³-hybridized carbons (Fsp3) is 0.600. The summed E-state index contributed by atoms with van der Waals surface area (Å²) in [5.74, 6) is -0.0625. The average molecular weight is 199 g/mol. The van der Waals surface area contributed by atoms with Crippen molar-refractivity contribution in [1.82, 2.24) is 0 Å². The van der Waals surface area contributed by atoms with Gasteiger partial charge in [0.1, 0.15) is 17.3 Å². The minimum absolute atomic E-state index is 0.0625. The molecule has 0 fully saturated rings. The summed E-state index contributed by atoms with van der Waals surface area (Å²) in [5, 5.41) is 6.80. The Balaban J connectivity index is 0. The van der Waals surface area contributed by atoms with E-state index in [0.29, 0.717) is 12.1 Å². The molecule has 0 aromatic rings. The van der Waals surface area contributed by atoms with Gasteiger partial charge in [-0.1, -0.05) is 0 Å². The Morgan fingerprint density at radius 2 is 1.07 bits per heavy atom. The van der Waals surface area contributed by atoms with Gasteiger partial charge in [0.2, 0.25) is 0 Å². The molecule has 0 unspecified atom stereocenters. The van der Waals surface area contributed by atoms with Crippen LogP contribution in [0.2, 0.25) is 0 Å². The first kappa shape index (κ1) is 15.2. The second-order valence-corrected chi connectivity index (χ2v) is 3.24. The molecule has 0 radical (unpaired) electrons. The van der Waals surface area contributed by atoms with E-state index in [1.165, 1.54) is 20.8 Å². The van der Waals surface area contributed by atoms with Gasteiger partial charge in [0.05, 0.1) is 6.42 Å². The Morgan fingerprint density at radius 1 is 0.786 bits per heavy atom. The summed E-state index contributed by atoms with van der Waals surface area (Å²) in [5.41, 5.74) is 0.438. The summed E-state index contributed by atoms with van der Waals surface area (Å²) >= 11 is 0. The minimum atomic E-state index is -0.0625. The first-order valence-corrected chi connectivity index (χ1v) is 4.28. The van der Waals surface area contributed by atoms with Crippen LogP contribution in [0.15, 0.2) is 0 Å². The van der Waals surface area contributed by atoms with Gasteiger partial charge in [-0.2, -0.15) is 0 Å². The number of carbonyl (C=O) groups excluding carboxylic acids is 3. The van der Waals surface area contributed by atoms with Crippen LogP contribution < -0.4 is 0 Å². The highest BCUT2D eigenvalue weighted by molar-refractivity contribution is 5.98. The van der Waals surface area contributed by atoms with Crippen molar-refractivity contribution in [2.75, 3.05) is 0 Å². The largest absolute Gasteiger partial charge is 0.310 e. The lowest BCUT2D eigenvalue weighted by atomic mass is 10.2. The molecule has 0 saturated carbocycles. The summed E-state index contributed by atoms with van der Waals surface area (Å²) in [6.45, 7) is 5.92. The molecule has 0 atom stereocenters. The quantitative estimate of drug-likeness (QED) is 0.551. The van der Waals surface area contributed by atoms with Crippen LogP contribution in [0.1, 0.15) is 40.5 Å². The second kappa shape index (κ2) is 8.29. The Kier molecular flexibility index (Phi) is 8.98. The standard InChI is InChI=1S/C5H9NO.C5H8O2/c2*1-4(6)3-5(2)7/h6H,3H2,1-2H3;3H2,1-2H3. The zero-order chi connectivity index (χ0) is 11.7. The van der Waals surface area contributed by atoms with Gasteiger partial charge in [0.25, 0.3) is 0 Å². The molecule has 0 aliphatic rings. The number of carbonyl (C=O) groups is 3. The highest BCUT2D eigenvalue weighted by Crippen LogP contribution is 1.81. The molecule has 0 heterocycles. The lowest BCUT2D eigenvalue weighted by Gasteiger charge is -1.85. The van der Waals surface area contributed by atoms with E-state index < -0.39 is 0 Å². The third kappa shape index (κ3) is 22.4. The normalized spacial score (nSPS) is 8.29. The Hall–Kier alpha value is -1.32. The molecular weight excluding hydrogens is 182 g/mol. The molecule has 0 rings (SSSR count). The molecule has 1 N–H and O–H groups in total. The average Bonchev–Trinajstić information content (AvgIpc) is 1.79. The first-order chi connectivity index (χ1) is 6.25. The maximum atomic E-state index is 10.1. The molecule has 0 aromatic heterocycles. The van der Waals surface area contributed by atoms with E-state index in [4.69, 9.17) is 5.41 Å². The Bertz CT molecular complexity index is 194. The first-order valence-electron chi connectivity index (χ1n) is 4.28. The van der Waals surface area contributed by atoms with Crippen molar-refractivity contribution in [3.05, 3.63) is 0 Å². The van der Waals surface area contributed by atoms with Crippen molar-refractivity contribution in [2.24, 2.45) is 0 Å². The molecule has 14 heavy (non-hydrogen) atoms. The van der Waals surface area contributed by atoms with Crippen molar-refractivity contribution in [3.8, 4) is 0 Å². The fourth-order valence-electron chi connectivity index (χ4n) is 0.724. The lowest BCUT2D eigenvalue weighted by Crippen LogP contribution is -1.97. The fourth-order valence-corrected chi connectivity index (χ4v) is 0.724. The Labute approximate surface area is 84.2 Å². The predicted octanol–water partition coefficient (Wildman–Crippen LogP) is 1.56. The van der Waals surface area contributed by atoms with E-state index in [-0.39, 0.29) is 23.8 Å². The van der Waals surface area contributed by atoms with Crippen molar-refractivity contribution < 1.29 is 14.4 Å². The summed E-state index contributed by atoms with van der Waals surface area (Å²) in [7, 11) is 0. The van der Waals surface area contributed by atoms with Gasteiger partial charge in [-0.25, -0.2) is 0 Å². The highest BCUT2D eigenvalue weighted by Gasteiger charge is 1.94. The van der Waals surface area contributed by atoms with Gasteiger partial charge in [-0.3, -0.25) is 14.4 Å². The van der Waals surface area contributed by atoms with Crippen LogP contribution in [0, 0.1) is 5.41 Å². The SMILES string of the molecule is CC(=N)CC(C)=O.CC(=O)CC(C)=O. The predicted molar refractivity (Wildman–Crippen MR) is 54.7 cm³/mol. The van der Waals surface area contributed by atoms with Crippen LogP contribution in [-0.4, -0.2) is 23.1 Å². The van der Waals surface area contributed by atoms with Gasteiger partial charge in [-0.15, -0.1) is 0 Å². The zero-order valence-corrected chi connectivity index (χ0v) is 9.14. The third-order valence-electron chi connectivity index (χ3n) is 1.01.